The highest BCUT2D eigenvalue weighted by molar-refractivity contribution is 7.89. The molecule has 172 valence electrons. The zero-order valence-electron chi connectivity index (χ0n) is 17.7. The Labute approximate surface area is 192 Å². The molecular formula is C22H26ClN3O5S. The van der Waals surface area contributed by atoms with Crippen LogP contribution in [0.25, 0.3) is 0 Å². The molecule has 1 heterocycles. The summed E-state index contributed by atoms with van der Waals surface area (Å²) in [5, 5.41) is 0.0838. The summed E-state index contributed by atoms with van der Waals surface area (Å²) in [5.41, 5.74) is 6.14. The van der Waals surface area contributed by atoms with E-state index in [9.17, 15) is 18.0 Å². The van der Waals surface area contributed by atoms with Crippen LogP contribution in [-0.2, 0) is 19.6 Å². The Morgan fingerprint density at radius 2 is 1.84 bits per heavy atom. The molecule has 0 aromatic heterocycles. The third-order valence-corrected chi connectivity index (χ3v) is 7.28. The van der Waals surface area contributed by atoms with Crippen molar-refractivity contribution in [2.24, 2.45) is 11.7 Å². The molecule has 2 aromatic carbocycles. The van der Waals surface area contributed by atoms with E-state index in [0.29, 0.717) is 25.9 Å². The number of benzene rings is 2. The lowest BCUT2D eigenvalue weighted by Crippen LogP contribution is -2.43. The van der Waals surface area contributed by atoms with E-state index in [0.717, 1.165) is 5.56 Å². The summed E-state index contributed by atoms with van der Waals surface area (Å²) < 4.78 is 33.6. The lowest BCUT2D eigenvalue weighted by molar-refractivity contribution is -0.136. The third kappa shape index (κ3) is 5.99. The summed E-state index contributed by atoms with van der Waals surface area (Å²) in [4.78, 5) is 25.2. The van der Waals surface area contributed by atoms with E-state index in [1.165, 1.54) is 18.2 Å². The number of carbonyl (C=O) groups is 2. The zero-order valence-corrected chi connectivity index (χ0v) is 19.2. The molecule has 0 bridgehead atoms. The van der Waals surface area contributed by atoms with E-state index in [1.807, 2.05) is 30.3 Å². The summed E-state index contributed by atoms with van der Waals surface area (Å²) in [6.45, 7) is 2.39. The molecule has 3 N–H and O–H groups in total. The minimum atomic E-state index is -3.81. The Bertz CT molecular complexity index is 1070. The van der Waals surface area contributed by atoms with Crippen molar-refractivity contribution in [3.8, 4) is 5.75 Å². The average molecular weight is 480 g/mol. The molecule has 2 amide bonds. The smallest absolute Gasteiger partial charge is 0.260 e. The highest BCUT2D eigenvalue weighted by Gasteiger charge is 2.26. The minimum Gasteiger partial charge on any atom is -0.482 e. The number of rotatable bonds is 8. The number of likely N-dealkylation sites (tertiary alicyclic amines) is 1. The molecule has 0 radical (unpaired) electrons. The fourth-order valence-corrected chi connectivity index (χ4v) is 5.08. The van der Waals surface area contributed by atoms with Gasteiger partial charge in [-0.15, -0.1) is 0 Å². The van der Waals surface area contributed by atoms with E-state index >= 15 is 0 Å². The monoisotopic (exact) mass is 479 g/mol. The van der Waals surface area contributed by atoms with Crippen LogP contribution in [0.1, 0.15) is 31.4 Å². The summed E-state index contributed by atoms with van der Waals surface area (Å²) >= 11 is 6.22. The van der Waals surface area contributed by atoms with Crippen molar-refractivity contribution in [3.05, 3.63) is 59.1 Å². The van der Waals surface area contributed by atoms with Gasteiger partial charge in [0.1, 0.15) is 5.75 Å². The van der Waals surface area contributed by atoms with E-state index in [1.54, 1.807) is 11.8 Å². The first kappa shape index (κ1) is 24.0. The summed E-state index contributed by atoms with van der Waals surface area (Å²) in [5.74, 6) is -0.578. The van der Waals surface area contributed by atoms with E-state index in [-0.39, 0.29) is 40.0 Å². The summed E-state index contributed by atoms with van der Waals surface area (Å²) in [6.07, 6.45) is 1.06. The van der Waals surface area contributed by atoms with Crippen LogP contribution in [-0.4, -0.2) is 44.8 Å². The Balaban J connectivity index is 1.59. The summed E-state index contributed by atoms with van der Waals surface area (Å²) in [7, 11) is -3.81. The topological polar surface area (TPSA) is 119 Å². The third-order valence-electron chi connectivity index (χ3n) is 5.45. The number of carbonyl (C=O) groups excluding carboxylic acids is 2. The molecule has 32 heavy (non-hydrogen) atoms. The maximum absolute atomic E-state index is 12.7. The van der Waals surface area contributed by atoms with Gasteiger partial charge in [0.05, 0.1) is 9.92 Å². The van der Waals surface area contributed by atoms with E-state index in [4.69, 9.17) is 22.1 Å². The molecule has 1 atom stereocenters. The lowest BCUT2D eigenvalue weighted by atomic mass is 9.96. The van der Waals surface area contributed by atoms with Gasteiger partial charge in [-0.3, -0.25) is 9.59 Å². The number of piperidine rings is 1. The first-order valence-corrected chi connectivity index (χ1v) is 12.1. The van der Waals surface area contributed by atoms with Crippen molar-refractivity contribution in [1.82, 2.24) is 9.62 Å². The largest absolute Gasteiger partial charge is 0.482 e. The number of ether oxygens (including phenoxy) is 1. The van der Waals surface area contributed by atoms with Gasteiger partial charge >= 0.3 is 0 Å². The number of nitrogens with two attached hydrogens (primary N) is 1. The number of amides is 2. The van der Waals surface area contributed by atoms with Crippen LogP contribution >= 0.6 is 11.6 Å². The van der Waals surface area contributed by atoms with Crippen molar-refractivity contribution in [2.75, 3.05) is 19.7 Å². The maximum atomic E-state index is 12.7. The molecule has 0 aliphatic carbocycles. The van der Waals surface area contributed by atoms with Gasteiger partial charge < -0.3 is 15.4 Å². The molecule has 1 fully saturated rings. The average Bonchev–Trinajstić information content (AvgIpc) is 2.78. The van der Waals surface area contributed by atoms with Crippen LogP contribution in [0.5, 0.6) is 5.75 Å². The first-order valence-electron chi connectivity index (χ1n) is 10.2. The second kappa shape index (κ2) is 10.3. The molecule has 1 aliphatic heterocycles. The van der Waals surface area contributed by atoms with Gasteiger partial charge in [0.25, 0.3) is 5.91 Å². The number of hydrogen-bond acceptors (Lipinski definition) is 5. The molecule has 3 rings (SSSR count). The molecule has 8 nitrogen and oxygen atoms in total. The molecular weight excluding hydrogens is 454 g/mol. The normalized spacial score (nSPS) is 15.9. The molecule has 10 heteroatoms. The fourth-order valence-electron chi connectivity index (χ4n) is 3.52. The predicted octanol–water partition coefficient (Wildman–Crippen LogP) is 2.48. The van der Waals surface area contributed by atoms with Gasteiger partial charge in [0, 0.05) is 25.0 Å². The van der Waals surface area contributed by atoms with Crippen molar-refractivity contribution < 1.29 is 22.7 Å². The van der Waals surface area contributed by atoms with Crippen LogP contribution in [0.15, 0.2) is 53.4 Å². The second-order valence-electron chi connectivity index (χ2n) is 7.69. The molecule has 1 saturated heterocycles. The van der Waals surface area contributed by atoms with Crippen LogP contribution < -0.4 is 15.2 Å². The van der Waals surface area contributed by atoms with Gasteiger partial charge in [-0.2, -0.15) is 0 Å². The fraction of sp³-hybridized carbons (Fsp3) is 0.364. The SMILES string of the molecule is C[C@H](NS(=O)(=O)c1ccc(OCC(=O)N2CCC(C(N)=O)CC2)c(Cl)c1)c1ccccc1. The lowest BCUT2D eigenvalue weighted by Gasteiger charge is -2.30. The highest BCUT2D eigenvalue weighted by Crippen LogP contribution is 2.28. The Morgan fingerprint density at radius 1 is 1.19 bits per heavy atom. The zero-order chi connectivity index (χ0) is 23.3. The maximum Gasteiger partial charge on any atom is 0.260 e. The molecule has 0 saturated carbocycles. The number of primary amides is 1. The standard InChI is InChI=1S/C22H26ClN3O5S/c1-15(16-5-3-2-4-6-16)25-32(29,30)18-7-8-20(19(23)13-18)31-14-21(27)26-11-9-17(10-12-26)22(24)28/h2-8,13,15,17,25H,9-12,14H2,1H3,(H2,24,28)/t15-/m0/s1. The molecule has 1 aliphatic rings. The van der Waals surface area contributed by atoms with Crippen LogP contribution in [0, 0.1) is 5.92 Å². The quantitative estimate of drug-likeness (QED) is 0.602. The summed E-state index contributed by atoms with van der Waals surface area (Å²) in [6, 6.07) is 12.9. The van der Waals surface area contributed by atoms with E-state index < -0.39 is 16.1 Å². The Kier molecular flexibility index (Phi) is 7.76. The molecule has 0 spiro atoms. The number of halogens is 1. The highest BCUT2D eigenvalue weighted by atomic mass is 35.5. The minimum absolute atomic E-state index is 0.00233. The number of nitrogens with one attached hydrogen (secondary N) is 1. The molecule has 0 unspecified atom stereocenters. The Morgan fingerprint density at radius 3 is 2.44 bits per heavy atom. The van der Waals surface area contributed by atoms with Crippen molar-refractivity contribution >= 4 is 33.4 Å². The number of nitrogens with zero attached hydrogens (tertiary/aromatic N) is 1. The van der Waals surface area contributed by atoms with Gasteiger partial charge in [0.15, 0.2) is 6.61 Å². The van der Waals surface area contributed by atoms with Crippen molar-refractivity contribution in [1.29, 1.82) is 0 Å². The predicted molar refractivity (Wildman–Crippen MR) is 121 cm³/mol. The molecule has 2 aromatic rings. The van der Waals surface area contributed by atoms with Crippen LogP contribution in [0.3, 0.4) is 0 Å². The van der Waals surface area contributed by atoms with Gasteiger partial charge in [-0.25, -0.2) is 13.1 Å². The van der Waals surface area contributed by atoms with Crippen LogP contribution in [0.4, 0.5) is 0 Å². The van der Waals surface area contributed by atoms with Gasteiger partial charge in [0.2, 0.25) is 15.9 Å². The van der Waals surface area contributed by atoms with Crippen molar-refractivity contribution in [2.45, 2.75) is 30.7 Å². The number of sulfonamides is 1. The second-order valence-corrected chi connectivity index (χ2v) is 9.81. The van der Waals surface area contributed by atoms with Crippen molar-refractivity contribution in [3.63, 3.8) is 0 Å². The number of hydrogen-bond donors (Lipinski definition) is 2. The Hall–Kier alpha value is -2.62. The first-order chi connectivity index (χ1) is 15.2. The van der Waals surface area contributed by atoms with Gasteiger partial charge in [-0.1, -0.05) is 41.9 Å². The van der Waals surface area contributed by atoms with E-state index in [2.05, 4.69) is 4.72 Å². The van der Waals surface area contributed by atoms with Gasteiger partial charge in [-0.05, 0) is 43.5 Å². The van der Waals surface area contributed by atoms with Crippen LogP contribution in [0.2, 0.25) is 5.02 Å².